The standard InChI is InChI=1S/C30H29F3N4O4/c1-16-11-18-12-19(13-22(41-4)25(18)37-36-16)27(38)34-15-30(40,29(33)9-10-29)23-14-21(28(2,3)39)24(32)26(35-23)17-5-7-20(31)8-6-17/h5-8,11-14,39-40H,9-10,15H2,1-4H3,(H,34,38). The van der Waals surface area contributed by atoms with Crippen molar-refractivity contribution < 1.29 is 32.9 Å². The average Bonchev–Trinajstić information content (AvgIpc) is 3.69. The number of nitrogens with zero attached hydrogens (tertiary/aromatic N) is 3. The first-order valence-electron chi connectivity index (χ1n) is 13.0. The Balaban J connectivity index is 1.56. The van der Waals surface area contributed by atoms with Gasteiger partial charge in [0.05, 0.1) is 30.6 Å². The van der Waals surface area contributed by atoms with E-state index in [1.807, 2.05) is 0 Å². The van der Waals surface area contributed by atoms with Gasteiger partial charge in [-0.2, -0.15) is 5.10 Å². The number of nitrogens with one attached hydrogen (secondary N) is 1. The Hall–Kier alpha value is -4.09. The van der Waals surface area contributed by atoms with E-state index in [9.17, 15) is 19.4 Å². The molecule has 5 rings (SSSR count). The predicted molar refractivity (Wildman–Crippen MR) is 145 cm³/mol. The summed E-state index contributed by atoms with van der Waals surface area (Å²) in [6, 6.07) is 10.7. The first kappa shape index (κ1) is 28.4. The number of hydrogen-bond donors (Lipinski definition) is 3. The molecule has 1 atom stereocenters. The molecule has 41 heavy (non-hydrogen) atoms. The second-order valence-corrected chi connectivity index (χ2v) is 10.9. The number of fused-ring (bicyclic) bond motifs is 1. The molecule has 0 spiro atoms. The topological polar surface area (TPSA) is 117 Å². The number of aromatic nitrogens is 3. The normalized spacial score (nSPS) is 15.8. The van der Waals surface area contributed by atoms with Crippen LogP contribution < -0.4 is 10.1 Å². The van der Waals surface area contributed by atoms with E-state index in [1.54, 1.807) is 19.1 Å². The number of aliphatic hydroxyl groups is 2. The molecule has 2 aromatic carbocycles. The van der Waals surface area contributed by atoms with E-state index in [2.05, 4.69) is 20.5 Å². The first-order valence-corrected chi connectivity index (χ1v) is 13.0. The number of amides is 1. The van der Waals surface area contributed by atoms with E-state index < -0.39 is 41.0 Å². The van der Waals surface area contributed by atoms with Gasteiger partial charge in [0.2, 0.25) is 0 Å². The molecule has 2 aromatic heterocycles. The summed E-state index contributed by atoms with van der Waals surface area (Å²) >= 11 is 0. The molecule has 2 heterocycles. The summed E-state index contributed by atoms with van der Waals surface area (Å²) in [4.78, 5) is 17.5. The van der Waals surface area contributed by atoms with E-state index in [4.69, 9.17) is 4.74 Å². The van der Waals surface area contributed by atoms with E-state index in [0.717, 1.165) is 18.2 Å². The maximum atomic E-state index is 15.9. The largest absolute Gasteiger partial charge is 0.494 e. The quantitative estimate of drug-likeness (QED) is 0.285. The molecule has 1 fully saturated rings. The van der Waals surface area contributed by atoms with E-state index >= 15 is 8.78 Å². The molecule has 0 bridgehead atoms. The molecule has 1 amide bonds. The summed E-state index contributed by atoms with van der Waals surface area (Å²) in [6.07, 6.45) is -0.0478. The highest BCUT2D eigenvalue weighted by atomic mass is 19.1. The summed E-state index contributed by atoms with van der Waals surface area (Å²) in [5, 5.41) is 33.9. The average molecular weight is 567 g/mol. The second-order valence-electron chi connectivity index (χ2n) is 10.9. The summed E-state index contributed by atoms with van der Waals surface area (Å²) in [7, 11) is 1.43. The molecule has 1 saturated carbocycles. The lowest BCUT2D eigenvalue weighted by molar-refractivity contribution is -0.0569. The minimum Gasteiger partial charge on any atom is -0.494 e. The third kappa shape index (κ3) is 5.22. The van der Waals surface area contributed by atoms with Gasteiger partial charge in [0, 0.05) is 22.1 Å². The minimum absolute atomic E-state index is 0.0239. The number of methoxy groups -OCH3 is 1. The lowest BCUT2D eigenvalue weighted by Gasteiger charge is -2.33. The number of hydrogen-bond acceptors (Lipinski definition) is 7. The van der Waals surface area contributed by atoms with Crippen molar-refractivity contribution in [2.45, 2.75) is 50.5 Å². The van der Waals surface area contributed by atoms with Gasteiger partial charge in [0.25, 0.3) is 5.91 Å². The Bertz CT molecular complexity index is 1650. The molecule has 8 nitrogen and oxygen atoms in total. The Morgan fingerprint density at radius 3 is 2.37 bits per heavy atom. The number of rotatable bonds is 8. The minimum atomic E-state index is -2.38. The number of ether oxygens (including phenoxy) is 1. The number of pyridine rings is 1. The molecule has 1 aliphatic carbocycles. The van der Waals surface area contributed by atoms with Crippen molar-refractivity contribution in [3.05, 3.63) is 82.7 Å². The van der Waals surface area contributed by atoms with E-state index in [1.165, 1.54) is 39.2 Å². The van der Waals surface area contributed by atoms with Gasteiger partial charge in [-0.1, -0.05) is 0 Å². The molecule has 1 unspecified atom stereocenters. The maximum Gasteiger partial charge on any atom is 0.251 e. The molecule has 0 saturated heterocycles. The van der Waals surface area contributed by atoms with Crippen molar-refractivity contribution in [3.8, 4) is 17.0 Å². The molecule has 4 aromatic rings. The van der Waals surface area contributed by atoms with Crippen LogP contribution in [-0.2, 0) is 11.2 Å². The second kappa shape index (κ2) is 10.1. The molecule has 3 N–H and O–H groups in total. The molecule has 1 aliphatic rings. The van der Waals surface area contributed by atoms with Crippen LogP contribution in [0.25, 0.3) is 22.2 Å². The molecule has 0 aliphatic heterocycles. The lowest BCUT2D eigenvalue weighted by atomic mass is 9.86. The van der Waals surface area contributed by atoms with E-state index in [-0.39, 0.29) is 40.9 Å². The first-order chi connectivity index (χ1) is 19.3. The highest BCUT2D eigenvalue weighted by Gasteiger charge is 2.62. The van der Waals surface area contributed by atoms with Crippen LogP contribution in [0.4, 0.5) is 13.2 Å². The zero-order valence-electron chi connectivity index (χ0n) is 22.9. The fourth-order valence-corrected chi connectivity index (χ4v) is 4.81. The van der Waals surface area contributed by atoms with Crippen LogP contribution in [0.5, 0.6) is 5.75 Å². The van der Waals surface area contributed by atoms with Crippen molar-refractivity contribution in [2.24, 2.45) is 0 Å². The van der Waals surface area contributed by atoms with E-state index in [0.29, 0.717) is 22.3 Å². The zero-order chi connectivity index (χ0) is 29.7. The lowest BCUT2D eigenvalue weighted by Crippen LogP contribution is -2.49. The van der Waals surface area contributed by atoms with Gasteiger partial charge in [-0.05, 0) is 82.1 Å². The number of halogens is 3. The van der Waals surface area contributed by atoms with Crippen molar-refractivity contribution in [3.63, 3.8) is 0 Å². The molecular formula is C30H29F3N4O4. The third-order valence-corrected chi connectivity index (χ3v) is 7.35. The molecule has 0 radical (unpaired) electrons. The highest BCUT2D eigenvalue weighted by Crippen LogP contribution is 2.53. The fraction of sp³-hybridized carbons (Fsp3) is 0.333. The Morgan fingerprint density at radius 1 is 1.07 bits per heavy atom. The van der Waals surface area contributed by atoms with Crippen LogP contribution >= 0.6 is 0 Å². The van der Waals surface area contributed by atoms with Crippen molar-refractivity contribution >= 4 is 16.8 Å². The molecule has 11 heteroatoms. The van der Waals surface area contributed by atoms with Gasteiger partial charge in [-0.25, -0.2) is 18.2 Å². The Morgan fingerprint density at radius 2 is 1.76 bits per heavy atom. The SMILES string of the molecule is COc1cc(C(=O)NCC(O)(c2cc(C(C)(C)O)c(F)c(-c3ccc(F)cc3)n2)C2(F)CC2)cc2cc(C)nnc12. The predicted octanol–water partition coefficient (Wildman–Crippen LogP) is 4.63. The Kier molecular flexibility index (Phi) is 6.99. The van der Waals surface area contributed by atoms with Crippen molar-refractivity contribution in [1.82, 2.24) is 20.5 Å². The summed E-state index contributed by atoms with van der Waals surface area (Å²) < 4.78 is 50.5. The number of aryl methyl sites for hydroxylation is 1. The number of carbonyl (C=O) groups excluding carboxylic acids is 1. The van der Waals surface area contributed by atoms with Gasteiger partial charge in [-0.3, -0.25) is 4.79 Å². The van der Waals surface area contributed by atoms with Gasteiger partial charge in [-0.15, -0.1) is 5.10 Å². The summed E-state index contributed by atoms with van der Waals surface area (Å²) in [5.74, 6) is -1.78. The van der Waals surface area contributed by atoms with Crippen LogP contribution in [0.1, 0.15) is 54.0 Å². The van der Waals surface area contributed by atoms with Gasteiger partial charge < -0.3 is 20.3 Å². The van der Waals surface area contributed by atoms with Crippen molar-refractivity contribution in [1.29, 1.82) is 0 Å². The van der Waals surface area contributed by atoms with Crippen LogP contribution in [-0.4, -0.2) is 50.6 Å². The molecular weight excluding hydrogens is 537 g/mol. The van der Waals surface area contributed by atoms with Gasteiger partial charge in [0.15, 0.2) is 11.4 Å². The summed E-state index contributed by atoms with van der Waals surface area (Å²) in [6.45, 7) is 3.82. The fourth-order valence-electron chi connectivity index (χ4n) is 4.81. The maximum absolute atomic E-state index is 15.9. The van der Waals surface area contributed by atoms with Crippen molar-refractivity contribution in [2.75, 3.05) is 13.7 Å². The van der Waals surface area contributed by atoms with Crippen LogP contribution in [0, 0.1) is 18.6 Å². The number of alkyl halides is 1. The smallest absolute Gasteiger partial charge is 0.251 e. The summed E-state index contributed by atoms with van der Waals surface area (Å²) in [5.41, 5.74) is -5.71. The number of benzene rings is 2. The zero-order valence-corrected chi connectivity index (χ0v) is 22.9. The van der Waals surface area contributed by atoms with Crippen LogP contribution in [0.3, 0.4) is 0 Å². The van der Waals surface area contributed by atoms with Gasteiger partial charge >= 0.3 is 0 Å². The Labute approximate surface area is 234 Å². The number of carbonyl (C=O) groups is 1. The third-order valence-electron chi connectivity index (χ3n) is 7.35. The monoisotopic (exact) mass is 566 g/mol. The molecule has 214 valence electrons. The van der Waals surface area contributed by atoms with Gasteiger partial charge in [0.1, 0.15) is 28.4 Å². The highest BCUT2D eigenvalue weighted by molar-refractivity contribution is 5.99. The van der Waals surface area contributed by atoms with Crippen LogP contribution in [0.2, 0.25) is 0 Å². The van der Waals surface area contributed by atoms with Crippen LogP contribution in [0.15, 0.2) is 48.5 Å².